The van der Waals surface area contributed by atoms with Gasteiger partial charge in [-0.25, -0.2) is 4.98 Å². The Hall–Kier alpha value is -2.40. The number of primary amides is 1. The van der Waals surface area contributed by atoms with Gasteiger partial charge in [-0.15, -0.1) is 0 Å². The second-order valence-electron chi connectivity index (χ2n) is 3.30. The molecule has 8 heteroatoms. The summed E-state index contributed by atoms with van der Waals surface area (Å²) < 4.78 is 0. The van der Waals surface area contributed by atoms with E-state index in [4.69, 9.17) is 16.1 Å². The first-order valence-corrected chi connectivity index (χ1v) is 4.69. The minimum absolute atomic E-state index is 0.0702. The molecule has 0 radical (unpaired) electrons. The number of aromatic nitrogens is 2. The van der Waals surface area contributed by atoms with Gasteiger partial charge in [0.1, 0.15) is 6.04 Å². The van der Waals surface area contributed by atoms with Gasteiger partial charge in [0.2, 0.25) is 5.91 Å². The van der Waals surface area contributed by atoms with Gasteiger partial charge in [-0.1, -0.05) is 0 Å². The standard InChI is InChI=1S/C9H11N5O3/c10-2-7(8(11)15)14-6(9(16)17)1-5-3-12-4-13-5/h3-4,6-7,14H,1H2,(H2,11,15)(H,12,13)(H,16,17)/t6-,7?/m0/s1. The Balaban J connectivity index is 2.70. The van der Waals surface area contributed by atoms with Crippen molar-refractivity contribution in [2.75, 3.05) is 0 Å². The molecule has 8 nitrogen and oxygen atoms in total. The highest BCUT2D eigenvalue weighted by atomic mass is 16.4. The summed E-state index contributed by atoms with van der Waals surface area (Å²) in [6, 6.07) is -0.833. The van der Waals surface area contributed by atoms with Crippen LogP contribution in [0.3, 0.4) is 0 Å². The van der Waals surface area contributed by atoms with Gasteiger partial charge in [0, 0.05) is 18.3 Å². The molecule has 1 rings (SSSR count). The van der Waals surface area contributed by atoms with Crippen molar-refractivity contribution in [1.82, 2.24) is 15.3 Å². The maximum Gasteiger partial charge on any atom is 0.321 e. The van der Waals surface area contributed by atoms with Crippen LogP contribution in [0.15, 0.2) is 12.5 Å². The molecule has 0 bridgehead atoms. The van der Waals surface area contributed by atoms with E-state index in [0.717, 1.165) is 0 Å². The van der Waals surface area contributed by atoms with Crippen LogP contribution in [0.25, 0.3) is 0 Å². The summed E-state index contributed by atoms with van der Waals surface area (Å²) in [6.45, 7) is 0. The number of H-pyrrole nitrogens is 1. The molecule has 1 aromatic heterocycles. The number of hydrogen-bond acceptors (Lipinski definition) is 5. The summed E-state index contributed by atoms with van der Waals surface area (Å²) >= 11 is 0. The van der Waals surface area contributed by atoms with Crippen LogP contribution in [0.5, 0.6) is 0 Å². The summed E-state index contributed by atoms with van der Waals surface area (Å²) in [4.78, 5) is 28.2. The molecular weight excluding hydrogens is 226 g/mol. The van der Waals surface area contributed by atoms with Crippen molar-refractivity contribution in [3.8, 4) is 6.07 Å². The van der Waals surface area contributed by atoms with Gasteiger partial charge in [-0.05, 0) is 0 Å². The molecule has 1 amide bonds. The van der Waals surface area contributed by atoms with Crippen molar-refractivity contribution in [1.29, 1.82) is 5.26 Å². The smallest absolute Gasteiger partial charge is 0.321 e. The fraction of sp³-hybridized carbons (Fsp3) is 0.333. The third-order valence-electron chi connectivity index (χ3n) is 2.06. The van der Waals surface area contributed by atoms with Crippen molar-refractivity contribution in [2.24, 2.45) is 5.73 Å². The topological polar surface area (TPSA) is 145 Å². The molecule has 1 aromatic rings. The maximum atomic E-state index is 10.9. The van der Waals surface area contributed by atoms with Gasteiger partial charge >= 0.3 is 5.97 Å². The van der Waals surface area contributed by atoms with E-state index in [9.17, 15) is 9.59 Å². The SMILES string of the molecule is N#CC(N[C@@H](Cc1cnc[nH]1)C(=O)O)C(N)=O. The summed E-state index contributed by atoms with van der Waals surface area (Å²) in [6.07, 6.45) is 2.94. The van der Waals surface area contributed by atoms with Gasteiger partial charge in [0.05, 0.1) is 12.4 Å². The maximum absolute atomic E-state index is 10.9. The Bertz CT molecular complexity index is 436. The second kappa shape index (κ2) is 5.62. The lowest BCUT2D eigenvalue weighted by molar-refractivity contribution is -0.139. The number of aromatic amines is 1. The molecule has 0 saturated carbocycles. The normalized spacial score (nSPS) is 13.6. The number of nitrogens with two attached hydrogens (primary N) is 1. The van der Waals surface area contributed by atoms with Crippen molar-refractivity contribution in [3.05, 3.63) is 18.2 Å². The number of carbonyl (C=O) groups is 2. The number of hydrogen-bond donors (Lipinski definition) is 4. The number of imidazole rings is 1. The number of carboxylic acid groups (broad SMARTS) is 1. The molecule has 0 spiro atoms. The summed E-state index contributed by atoms with van der Waals surface area (Å²) in [5.41, 5.74) is 5.51. The molecule has 0 fully saturated rings. The quantitative estimate of drug-likeness (QED) is 0.467. The number of amides is 1. The van der Waals surface area contributed by atoms with Crippen LogP contribution < -0.4 is 11.1 Å². The molecule has 0 aliphatic rings. The van der Waals surface area contributed by atoms with Crippen molar-refractivity contribution in [3.63, 3.8) is 0 Å². The molecule has 0 aliphatic heterocycles. The minimum atomic E-state index is -1.33. The predicted molar refractivity (Wildman–Crippen MR) is 55.4 cm³/mol. The number of aliphatic carboxylic acids is 1. The molecule has 0 aromatic carbocycles. The zero-order valence-corrected chi connectivity index (χ0v) is 8.75. The molecular formula is C9H11N5O3. The number of nitrogens with zero attached hydrogens (tertiary/aromatic N) is 2. The van der Waals surface area contributed by atoms with Crippen LogP contribution in [-0.4, -0.2) is 39.0 Å². The Morgan fingerprint density at radius 3 is 2.82 bits per heavy atom. The highest BCUT2D eigenvalue weighted by Gasteiger charge is 2.25. The van der Waals surface area contributed by atoms with Crippen molar-refractivity contribution in [2.45, 2.75) is 18.5 Å². The average molecular weight is 237 g/mol. The molecule has 1 heterocycles. The van der Waals surface area contributed by atoms with Gasteiger partial charge in [-0.3, -0.25) is 14.9 Å². The molecule has 1 unspecified atom stereocenters. The van der Waals surface area contributed by atoms with Crippen LogP contribution in [0.1, 0.15) is 5.69 Å². The number of nitrogens with one attached hydrogen (secondary N) is 2. The van der Waals surface area contributed by atoms with Gasteiger partial charge in [0.25, 0.3) is 0 Å². The summed E-state index contributed by atoms with van der Waals surface area (Å²) in [7, 11) is 0. The van der Waals surface area contributed by atoms with Gasteiger partial charge < -0.3 is 15.8 Å². The van der Waals surface area contributed by atoms with Crippen molar-refractivity contribution >= 4 is 11.9 Å². The monoisotopic (exact) mass is 237 g/mol. The van der Waals surface area contributed by atoms with Crippen LogP contribution in [-0.2, 0) is 16.0 Å². The second-order valence-corrected chi connectivity index (χ2v) is 3.30. The largest absolute Gasteiger partial charge is 0.480 e. The van der Waals surface area contributed by atoms with Gasteiger partial charge in [0.15, 0.2) is 6.04 Å². The van der Waals surface area contributed by atoms with E-state index in [-0.39, 0.29) is 6.42 Å². The van der Waals surface area contributed by atoms with E-state index in [0.29, 0.717) is 5.69 Å². The van der Waals surface area contributed by atoms with E-state index in [1.807, 2.05) is 0 Å². The first kappa shape index (κ1) is 12.7. The molecule has 0 saturated heterocycles. The van der Waals surface area contributed by atoms with Crippen LogP contribution in [0.4, 0.5) is 0 Å². The van der Waals surface area contributed by atoms with Crippen molar-refractivity contribution < 1.29 is 14.7 Å². The number of carbonyl (C=O) groups excluding carboxylic acids is 1. The summed E-state index contributed by atoms with van der Waals surface area (Å²) in [5, 5.41) is 19.9. The third kappa shape index (κ3) is 3.58. The van der Waals surface area contributed by atoms with E-state index in [1.54, 1.807) is 6.07 Å². The summed E-state index contributed by atoms with van der Waals surface area (Å²) in [5.74, 6) is -2.09. The number of rotatable bonds is 6. The van der Waals surface area contributed by atoms with Crippen LogP contribution in [0.2, 0.25) is 0 Å². The highest BCUT2D eigenvalue weighted by molar-refractivity contribution is 5.84. The molecule has 2 atom stereocenters. The predicted octanol–water partition coefficient (Wildman–Crippen LogP) is -1.63. The first-order valence-electron chi connectivity index (χ1n) is 4.69. The fourth-order valence-corrected chi connectivity index (χ4v) is 1.22. The lowest BCUT2D eigenvalue weighted by atomic mass is 10.1. The third-order valence-corrected chi connectivity index (χ3v) is 2.06. The first-order chi connectivity index (χ1) is 8.04. The van der Waals surface area contributed by atoms with E-state index in [1.165, 1.54) is 12.5 Å². The zero-order chi connectivity index (χ0) is 12.8. The average Bonchev–Trinajstić information content (AvgIpc) is 2.75. The minimum Gasteiger partial charge on any atom is -0.480 e. The Labute approximate surface area is 96.4 Å². The fourth-order valence-electron chi connectivity index (χ4n) is 1.22. The van der Waals surface area contributed by atoms with Crippen LogP contribution in [0, 0.1) is 11.3 Å². The number of nitriles is 1. The van der Waals surface area contributed by atoms with E-state index >= 15 is 0 Å². The Morgan fingerprint density at radius 2 is 2.41 bits per heavy atom. The molecule has 90 valence electrons. The zero-order valence-electron chi connectivity index (χ0n) is 8.75. The Morgan fingerprint density at radius 1 is 1.71 bits per heavy atom. The van der Waals surface area contributed by atoms with E-state index in [2.05, 4.69) is 15.3 Å². The number of carboxylic acids is 1. The Kier molecular flexibility index (Phi) is 4.19. The van der Waals surface area contributed by atoms with Gasteiger partial charge in [-0.2, -0.15) is 5.26 Å². The lowest BCUT2D eigenvalue weighted by Crippen LogP contribution is -2.49. The molecule has 5 N–H and O–H groups in total. The van der Waals surface area contributed by atoms with E-state index < -0.39 is 24.0 Å². The molecule has 0 aliphatic carbocycles. The lowest BCUT2D eigenvalue weighted by Gasteiger charge is -2.15. The molecule has 17 heavy (non-hydrogen) atoms. The van der Waals surface area contributed by atoms with Crippen LogP contribution >= 0.6 is 0 Å². The highest BCUT2D eigenvalue weighted by Crippen LogP contribution is 2.00.